The average molecular weight is 495 g/mol. The number of benzene rings is 3. The minimum atomic E-state index is -0.378. The molecule has 2 N–H and O–H groups in total. The number of thioether (sulfide) groups is 1. The van der Waals surface area contributed by atoms with E-state index in [1.807, 2.05) is 0 Å². The van der Waals surface area contributed by atoms with Crippen LogP contribution in [0.25, 0.3) is 16.6 Å². The zero-order valence-corrected chi connectivity index (χ0v) is 19.5. The minimum Gasteiger partial charge on any atom is -0.504 e. The maximum atomic E-state index is 13.2. The molecule has 172 valence electrons. The highest BCUT2D eigenvalue weighted by Crippen LogP contribution is 2.25. The van der Waals surface area contributed by atoms with Gasteiger partial charge < -0.3 is 9.84 Å². The number of nitrogens with one attached hydrogen (secondary N) is 1. The number of phenols is 1. The summed E-state index contributed by atoms with van der Waals surface area (Å²) in [5.41, 5.74) is 3.97. The summed E-state index contributed by atoms with van der Waals surface area (Å²) >= 11 is 7.12. The van der Waals surface area contributed by atoms with Crippen molar-refractivity contribution in [3.8, 4) is 17.2 Å². The molecule has 3 aromatic carbocycles. The third-order valence-electron chi connectivity index (χ3n) is 4.77. The van der Waals surface area contributed by atoms with Crippen LogP contribution >= 0.6 is 23.4 Å². The number of hydrogen-bond acceptors (Lipinski definition) is 7. The molecule has 0 saturated carbocycles. The van der Waals surface area contributed by atoms with E-state index < -0.39 is 0 Å². The van der Waals surface area contributed by atoms with Gasteiger partial charge in [0.25, 0.3) is 11.5 Å². The first-order valence-electron chi connectivity index (χ1n) is 10.1. The van der Waals surface area contributed by atoms with E-state index in [9.17, 15) is 14.7 Å². The van der Waals surface area contributed by atoms with Crippen molar-refractivity contribution in [2.75, 3.05) is 12.9 Å². The summed E-state index contributed by atoms with van der Waals surface area (Å²) in [6, 6.07) is 18.6. The van der Waals surface area contributed by atoms with Crippen LogP contribution in [0.4, 0.5) is 0 Å². The average Bonchev–Trinajstić information content (AvgIpc) is 2.84. The molecule has 0 bridgehead atoms. The Morgan fingerprint density at radius 1 is 1.21 bits per heavy atom. The Bertz CT molecular complexity index is 1440. The Hall–Kier alpha value is -3.82. The van der Waals surface area contributed by atoms with Gasteiger partial charge in [0.2, 0.25) is 0 Å². The van der Waals surface area contributed by atoms with Gasteiger partial charge in [0.1, 0.15) is 0 Å². The summed E-state index contributed by atoms with van der Waals surface area (Å²) in [4.78, 5) is 30.2. The molecule has 0 aliphatic carbocycles. The normalized spacial score (nSPS) is 11.1. The van der Waals surface area contributed by atoms with Crippen LogP contribution in [0, 0.1) is 0 Å². The molecule has 0 radical (unpaired) electrons. The number of carbonyl (C=O) groups excluding carboxylic acids is 1. The summed E-state index contributed by atoms with van der Waals surface area (Å²) in [6.45, 7) is 0. The maximum absolute atomic E-state index is 13.2. The molecule has 0 saturated heterocycles. The summed E-state index contributed by atoms with van der Waals surface area (Å²) in [7, 11) is 1.44. The topological polar surface area (TPSA) is 106 Å². The van der Waals surface area contributed by atoms with Gasteiger partial charge in [-0.05, 0) is 60.2 Å². The summed E-state index contributed by atoms with van der Waals surface area (Å²) in [5, 5.41) is 15.0. The molecular formula is C24H19ClN4O4S. The molecule has 1 heterocycles. The molecule has 4 rings (SSSR count). The lowest BCUT2D eigenvalue weighted by Gasteiger charge is -2.13. The first-order chi connectivity index (χ1) is 16.5. The van der Waals surface area contributed by atoms with Crippen LogP contribution in [0.1, 0.15) is 5.56 Å². The minimum absolute atomic E-state index is 0.00899. The Balaban J connectivity index is 1.53. The molecule has 1 amide bonds. The van der Waals surface area contributed by atoms with E-state index in [2.05, 4.69) is 15.5 Å². The van der Waals surface area contributed by atoms with Gasteiger partial charge in [0, 0.05) is 5.02 Å². The first-order valence-corrected chi connectivity index (χ1v) is 11.4. The lowest BCUT2D eigenvalue weighted by Crippen LogP contribution is -2.24. The van der Waals surface area contributed by atoms with Gasteiger partial charge in [-0.2, -0.15) is 5.10 Å². The summed E-state index contributed by atoms with van der Waals surface area (Å²) < 4.78 is 6.51. The lowest BCUT2D eigenvalue weighted by atomic mass is 10.2. The fraction of sp³-hybridized carbons (Fsp3) is 0.0833. The number of hydrazone groups is 1. The zero-order valence-electron chi connectivity index (χ0n) is 17.9. The fourth-order valence-corrected chi connectivity index (χ4v) is 4.07. The number of aromatic hydroxyl groups is 1. The standard InChI is InChI=1S/C24H19ClN4O4S/c1-33-21-12-15(6-11-20(21)30)13-26-28-22(31)14-34-24-27-19-5-3-2-4-18(19)23(32)29(24)17-9-7-16(25)8-10-17/h2-13,30H,14H2,1H3,(H,28,31)/b26-13-. The van der Waals surface area contributed by atoms with Crippen LogP contribution in [-0.2, 0) is 4.79 Å². The van der Waals surface area contributed by atoms with Crippen molar-refractivity contribution in [1.82, 2.24) is 15.0 Å². The number of methoxy groups -OCH3 is 1. The van der Waals surface area contributed by atoms with Crippen LogP contribution in [-0.4, -0.2) is 39.6 Å². The van der Waals surface area contributed by atoms with Gasteiger partial charge in [0.15, 0.2) is 16.7 Å². The predicted octanol–water partition coefficient (Wildman–Crippen LogP) is 4.00. The molecular weight excluding hydrogens is 476 g/mol. The predicted molar refractivity (Wildman–Crippen MR) is 133 cm³/mol. The number of phenolic OH excluding ortho intramolecular Hbond substituents is 1. The largest absolute Gasteiger partial charge is 0.504 e. The highest BCUT2D eigenvalue weighted by atomic mass is 35.5. The van der Waals surface area contributed by atoms with E-state index in [1.54, 1.807) is 60.7 Å². The second kappa shape index (κ2) is 10.4. The van der Waals surface area contributed by atoms with Crippen molar-refractivity contribution in [3.63, 3.8) is 0 Å². The van der Waals surface area contributed by atoms with Crippen LogP contribution in [0.2, 0.25) is 5.02 Å². The maximum Gasteiger partial charge on any atom is 0.266 e. The van der Waals surface area contributed by atoms with Gasteiger partial charge in [-0.1, -0.05) is 35.5 Å². The highest BCUT2D eigenvalue weighted by molar-refractivity contribution is 7.99. The molecule has 10 heteroatoms. The van der Waals surface area contributed by atoms with Crippen molar-refractivity contribution >= 4 is 46.4 Å². The van der Waals surface area contributed by atoms with Crippen LogP contribution in [0.5, 0.6) is 11.5 Å². The number of nitrogens with zero attached hydrogens (tertiary/aromatic N) is 3. The highest BCUT2D eigenvalue weighted by Gasteiger charge is 2.14. The molecule has 0 fully saturated rings. The van der Waals surface area contributed by atoms with Gasteiger partial charge in [0.05, 0.1) is 35.7 Å². The van der Waals surface area contributed by atoms with Gasteiger partial charge >= 0.3 is 0 Å². The van der Waals surface area contributed by atoms with Crippen molar-refractivity contribution in [2.45, 2.75) is 5.16 Å². The molecule has 4 aromatic rings. The van der Waals surface area contributed by atoms with E-state index in [-0.39, 0.29) is 23.0 Å². The number of fused-ring (bicyclic) bond motifs is 1. The number of ether oxygens (including phenoxy) is 1. The number of para-hydroxylation sites is 1. The number of rotatable bonds is 7. The van der Waals surface area contributed by atoms with Gasteiger partial charge in [-0.25, -0.2) is 10.4 Å². The van der Waals surface area contributed by atoms with Crippen molar-refractivity contribution in [3.05, 3.63) is 87.7 Å². The molecule has 0 aliphatic rings. The van der Waals surface area contributed by atoms with Gasteiger partial charge in [-0.15, -0.1) is 0 Å². The van der Waals surface area contributed by atoms with Crippen molar-refractivity contribution in [2.24, 2.45) is 5.10 Å². The van der Waals surface area contributed by atoms with Crippen molar-refractivity contribution in [1.29, 1.82) is 0 Å². The Kier molecular flexibility index (Phi) is 7.15. The molecule has 34 heavy (non-hydrogen) atoms. The van der Waals surface area contributed by atoms with E-state index in [4.69, 9.17) is 16.3 Å². The molecule has 1 aromatic heterocycles. The van der Waals surface area contributed by atoms with Crippen LogP contribution in [0.15, 0.2) is 81.8 Å². The quantitative estimate of drug-likeness (QED) is 0.174. The number of halogens is 1. The first kappa shape index (κ1) is 23.3. The van der Waals surface area contributed by atoms with Crippen molar-refractivity contribution < 1.29 is 14.6 Å². The molecule has 8 nitrogen and oxygen atoms in total. The number of carbonyl (C=O) groups is 1. The Morgan fingerprint density at radius 2 is 1.97 bits per heavy atom. The summed E-state index contributed by atoms with van der Waals surface area (Å²) in [6.07, 6.45) is 1.43. The number of hydrogen-bond donors (Lipinski definition) is 2. The molecule has 0 spiro atoms. The van der Waals surface area contributed by atoms with Crippen LogP contribution in [0.3, 0.4) is 0 Å². The molecule has 0 aliphatic heterocycles. The Labute approximate surface area is 203 Å². The second-order valence-electron chi connectivity index (χ2n) is 7.04. The number of aromatic nitrogens is 2. The zero-order chi connectivity index (χ0) is 24.1. The van der Waals surface area contributed by atoms with E-state index in [0.29, 0.717) is 38.1 Å². The lowest BCUT2D eigenvalue weighted by molar-refractivity contribution is -0.118. The van der Waals surface area contributed by atoms with E-state index in [1.165, 1.54) is 24.0 Å². The third kappa shape index (κ3) is 5.22. The second-order valence-corrected chi connectivity index (χ2v) is 8.42. The van der Waals surface area contributed by atoms with E-state index in [0.717, 1.165) is 11.8 Å². The third-order valence-corrected chi connectivity index (χ3v) is 5.96. The van der Waals surface area contributed by atoms with Crippen LogP contribution < -0.4 is 15.7 Å². The smallest absolute Gasteiger partial charge is 0.266 e. The summed E-state index contributed by atoms with van der Waals surface area (Å²) in [5.74, 6) is -0.0885. The monoisotopic (exact) mass is 494 g/mol. The van der Waals surface area contributed by atoms with Gasteiger partial charge in [-0.3, -0.25) is 14.2 Å². The van der Waals surface area contributed by atoms with E-state index >= 15 is 0 Å². The SMILES string of the molecule is COc1cc(/C=N\NC(=O)CSc2nc3ccccc3c(=O)n2-c2ccc(Cl)cc2)ccc1O. The molecule has 0 atom stereocenters. The number of amides is 1. The molecule has 0 unspecified atom stereocenters. The fourth-order valence-electron chi connectivity index (χ4n) is 3.14. The Morgan fingerprint density at radius 3 is 2.74 bits per heavy atom.